The molecule has 0 radical (unpaired) electrons. The lowest BCUT2D eigenvalue weighted by Crippen LogP contribution is -2.37. The van der Waals surface area contributed by atoms with Crippen LogP contribution in [0.15, 0.2) is 60.2 Å². The highest BCUT2D eigenvalue weighted by molar-refractivity contribution is 5.79. The molecule has 1 saturated carbocycles. The van der Waals surface area contributed by atoms with E-state index in [9.17, 15) is 10.1 Å². The quantitative estimate of drug-likeness (QED) is 0.519. The summed E-state index contributed by atoms with van der Waals surface area (Å²) in [6, 6.07) is 3.85. The molecular formula is C29H34N4O5. The van der Waals surface area contributed by atoms with Crippen molar-refractivity contribution in [1.82, 2.24) is 9.88 Å². The minimum atomic E-state index is -0.0539. The van der Waals surface area contributed by atoms with Gasteiger partial charge in [-0.05, 0) is 50.7 Å². The molecule has 2 fully saturated rings. The topological polar surface area (TPSA) is 97.2 Å². The number of hydrogen-bond acceptors (Lipinski definition) is 8. The largest absolute Gasteiger partial charge is 0.488 e. The summed E-state index contributed by atoms with van der Waals surface area (Å²) in [6.45, 7) is 1.33. The molecule has 1 aromatic rings. The molecule has 0 unspecified atom stereocenters. The van der Waals surface area contributed by atoms with Crippen molar-refractivity contribution in [3.05, 3.63) is 65.7 Å². The van der Waals surface area contributed by atoms with E-state index in [0.29, 0.717) is 23.7 Å². The number of anilines is 1. The predicted octanol–water partition coefficient (Wildman–Crippen LogP) is 4.54. The molecule has 2 aliphatic carbocycles. The summed E-state index contributed by atoms with van der Waals surface area (Å²) in [5, 5.41) is 9.44. The second-order valence-corrected chi connectivity index (χ2v) is 9.97. The van der Waals surface area contributed by atoms with Gasteiger partial charge in [0.1, 0.15) is 35.5 Å². The van der Waals surface area contributed by atoms with Crippen molar-refractivity contribution < 1.29 is 23.7 Å². The van der Waals surface area contributed by atoms with Gasteiger partial charge >= 0.3 is 0 Å². The number of carbonyl (C=O) groups is 1. The summed E-state index contributed by atoms with van der Waals surface area (Å²) in [6.07, 6.45) is 17.4. The molecule has 1 atom stereocenters. The first kappa shape index (κ1) is 25.9. The molecular weight excluding hydrogens is 484 g/mol. The summed E-state index contributed by atoms with van der Waals surface area (Å²) < 4.78 is 23.0. The van der Waals surface area contributed by atoms with Gasteiger partial charge in [0.05, 0.1) is 37.8 Å². The molecule has 38 heavy (non-hydrogen) atoms. The maximum absolute atomic E-state index is 13.1. The fraction of sp³-hybridized carbons (Fsp3) is 0.483. The van der Waals surface area contributed by atoms with Crippen LogP contribution in [0, 0.1) is 17.2 Å². The lowest BCUT2D eigenvalue weighted by atomic mass is 9.86. The lowest BCUT2D eigenvalue weighted by molar-refractivity contribution is -0.136. The van der Waals surface area contributed by atoms with E-state index in [1.54, 1.807) is 31.8 Å². The highest BCUT2D eigenvalue weighted by atomic mass is 16.5. The van der Waals surface area contributed by atoms with Crippen molar-refractivity contribution in [1.29, 1.82) is 5.26 Å². The minimum absolute atomic E-state index is 0.0539. The van der Waals surface area contributed by atoms with Crippen LogP contribution in [0.1, 0.15) is 50.5 Å². The minimum Gasteiger partial charge on any atom is -0.488 e. The molecule has 0 N–H and O–H groups in total. The fourth-order valence-electron chi connectivity index (χ4n) is 5.51. The average molecular weight is 519 g/mol. The molecule has 4 aliphatic rings. The van der Waals surface area contributed by atoms with Gasteiger partial charge in [-0.2, -0.15) is 5.26 Å². The second-order valence-electron chi connectivity index (χ2n) is 9.97. The number of rotatable bonds is 7. The van der Waals surface area contributed by atoms with Crippen LogP contribution < -0.4 is 9.64 Å². The molecule has 0 bridgehead atoms. The van der Waals surface area contributed by atoms with Crippen LogP contribution in [0.25, 0.3) is 0 Å². The van der Waals surface area contributed by atoms with Crippen molar-refractivity contribution in [2.24, 2.45) is 5.92 Å². The van der Waals surface area contributed by atoms with Crippen LogP contribution in [0.2, 0.25) is 0 Å². The number of likely N-dealkylation sites (tertiary alicyclic amines) is 1. The Morgan fingerprint density at radius 2 is 2.03 bits per heavy atom. The zero-order valence-corrected chi connectivity index (χ0v) is 22.0. The van der Waals surface area contributed by atoms with Gasteiger partial charge in [-0.1, -0.05) is 6.08 Å². The van der Waals surface area contributed by atoms with Gasteiger partial charge in [0.25, 0.3) is 0 Å². The van der Waals surface area contributed by atoms with Gasteiger partial charge in [0.15, 0.2) is 0 Å². The van der Waals surface area contributed by atoms with Gasteiger partial charge in [0, 0.05) is 37.8 Å². The Kier molecular flexibility index (Phi) is 7.99. The number of carbonyl (C=O) groups excluding carboxylic acids is 1. The van der Waals surface area contributed by atoms with E-state index in [1.165, 1.54) is 7.11 Å². The van der Waals surface area contributed by atoms with Crippen LogP contribution in [0.3, 0.4) is 0 Å². The highest BCUT2D eigenvalue weighted by Crippen LogP contribution is 2.34. The number of methoxy groups -OCH3 is 2. The normalized spacial score (nSPS) is 25.1. The molecule has 9 nitrogen and oxygen atoms in total. The molecule has 2 aliphatic heterocycles. The SMILES string of the molecule is COc1ncc(N2C=COC(C3=C(O[C@H]4CCN(C(=O)C5CCC(OC)CC5)C4)C=CCC3)=C2)cc1C#N. The molecule has 3 heterocycles. The Labute approximate surface area is 223 Å². The Morgan fingerprint density at radius 3 is 2.79 bits per heavy atom. The summed E-state index contributed by atoms with van der Waals surface area (Å²) in [5.74, 6) is 2.10. The van der Waals surface area contributed by atoms with Gasteiger partial charge in [-0.15, -0.1) is 0 Å². The third-order valence-electron chi connectivity index (χ3n) is 7.65. The molecule has 5 rings (SSSR count). The number of amides is 1. The average Bonchev–Trinajstić information content (AvgIpc) is 3.45. The van der Waals surface area contributed by atoms with Crippen LogP contribution >= 0.6 is 0 Å². The van der Waals surface area contributed by atoms with Crippen LogP contribution in [-0.2, 0) is 19.0 Å². The zero-order chi connectivity index (χ0) is 26.5. The molecule has 9 heteroatoms. The van der Waals surface area contributed by atoms with E-state index in [-0.39, 0.29) is 24.0 Å². The van der Waals surface area contributed by atoms with Gasteiger partial charge in [-0.3, -0.25) is 4.79 Å². The molecule has 1 saturated heterocycles. The van der Waals surface area contributed by atoms with Gasteiger partial charge in [-0.25, -0.2) is 4.98 Å². The lowest BCUT2D eigenvalue weighted by Gasteiger charge is -2.30. The van der Waals surface area contributed by atoms with Crippen molar-refractivity contribution in [2.75, 3.05) is 32.2 Å². The van der Waals surface area contributed by atoms with Crippen LogP contribution in [0.5, 0.6) is 5.88 Å². The molecule has 0 spiro atoms. The van der Waals surface area contributed by atoms with E-state index in [2.05, 4.69) is 17.1 Å². The molecule has 0 aromatic carbocycles. The van der Waals surface area contributed by atoms with Crippen molar-refractivity contribution in [3.8, 4) is 11.9 Å². The maximum Gasteiger partial charge on any atom is 0.231 e. The summed E-state index contributed by atoms with van der Waals surface area (Å²) in [7, 11) is 3.24. The Balaban J connectivity index is 1.27. The number of ether oxygens (including phenoxy) is 4. The number of aromatic nitrogens is 1. The fourth-order valence-corrected chi connectivity index (χ4v) is 5.51. The first-order chi connectivity index (χ1) is 18.6. The van der Waals surface area contributed by atoms with Crippen molar-refractivity contribution >= 4 is 11.6 Å². The number of nitrogens with zero attached hydrogens (tertiary/aromatic N) is 4. The monoisotopic (exact) mass is 518 g/mol. The van der Waals surface area contributed by atoms with Crippen LogP contribution in [0.4, 0.5) is 5.69 Å². The van der Waals surface area contributed by atoms with E-state index < -0.39 is 0 Å². The summed E-state index contributed by atoms with van der Waals surface area (Å²) in [5.41, 5.74) is 2.06. The maximum atomic E-state index is 13.1. The third kappa shape index (κ3) is 5.55. The third-order valence-corrected chi connectivity index (χ3v) is 7.65. The van der Waals surface area contributed by atoms with Crippen molar-refractivity contribution in [2.45, 2.75) is 57.2 Å². The number of hydrogen-bond donors (Lipinski definition) is 0. The van der Waals surface area contributed by atoms with Crippen molar-refractivity contribution in [3.63, 3.8) is 0 Å². The predicted molar refractivity (Wildman–Crippen MR) is 141 cm³/mol. The Hall–Kier alpha value is -3.77. The van der Waals surface area contributed by atoms with E-state index in [1.807, 2.05) is 22.1 Å². The summed E-state index contributed by atoms with van der Waals surface area (Å²) in [4.78, 5) is 21.2. The number of allylic oxidation sites excluding steroid dienone is 3. The van der Waals surface area contributed by atoms with E-state index >= 15 is 0 Å². The first-order valence-electron chi connectivity index (χ1n) is 13.3. The molecule has 1 amide bonds. The molecule has 1 aromatic heterocycles. The first-order valence-corrected chi connectivity index (χ1v) is 13.3. The summed E-state index contributed by atoms with van der Waals surface area (Å²) >= 11 is 0. The van der Waals surface area contributed by atoms with E-state index in [0.717, 1.165) is 68.5 Å². The van der Waals surface area contributed by atoms with Crippen LogP contribution in [-0.4, -0.2) is 55.3 Å². The highest BCUT2D eigenvalue weighted by Gasteiger charge is 2.34. The standard InChI is InChI=1S/C29H34N4O5/c1-35-23-9-7-20(8-10-23)29(34)33-12-11-24(18-33)38-26-6-4-3-5-25(26)27-19-32(13-14-37-27)22-15-21(16-30)28(36-2)31-17-22/h4,6,13-15,17,19-20,23-24H,3,5,7-12,18H2,1-2H3/t20?,23?,24-/m0/s1. The number of pyridine rings is 1. The smallest absolute Gasteiger partial charge is 0.231 e. The Morgan fingerprint density at radius 1 is 1.18 bits per heavy atom. The second kappa shape index (κ2) is 11.7. The van der Waals surface area contributed by atoms with Gasteiger partial charge in [0.2, 0.25) is 11.8 Å². The zero-order valence-electron chi connectivity index (χ0n) is 22.0. The van der Waals surface area contributed by atoms with Gasteiger partial charge < -0.3 is 28.7 Å². The van der Waals surface area contributed by atoms with E-state index in [4.69, 9.17) is 18.9 Å². The number of nitriles is 1. The molecule has 200 valence electrons. The Bertz CT molecular complexity index is 1210.